The third-order valence-electron chi connectivity index (χ3n) is 2.71. The Kier molecular flexibility index (Phi) is 4.09. The van der Waals surface area contributed by atoms with E-state index in [4.69, 9.17) is 4.74 Å². The molecular weight excluding hydrogens is 286 g/mol. The molecule has 0 radical (unpaired) electrons. The minimum absolute atomic E-state index is 0.0739. The molecule has 2 rings (SSSR count). The Morgan fingerprint density at radius 2 is 2.47 bits per heavy atom. The van der Waals surface area contributed by atoms with Crippen molar-refractivity contribution in [1.82, 2.24) is 10.3 Å². The molecule has 0 aromatic carbocycles. The lowest BCUT2D eigenvalue weighted by molar-refractivity contribution is -0.118. The summed E-state index contributed by atoms with van der Waals surface area (Å²) in [7, 11) is 1.66. The van der Waals surface area contributed by atoms with Crippen LogP contribution in [0.25, 0.3) is 0 Å². The van der Waals surface area contributed by atoms with Gasteiger partial charge in [-0.15, -0.1) is 0 Å². The first-order valence-corrected chi connectivity index (χ1v) is 6.18. The third kappa shape index (κ3) is 3.24. The van der Waals surface area contributed by atoms with Gasteiger partial charge in [0.2, 0.25) is 5.91 Å². The van der Waals surface area contributed by atoms with Crippen LogP contribution in [-0.2, 0) is 9.53 Å². The predicted octanol–water partition coefficient (Wildman–Crippen LogP) is 1.16. The van der Waals surface area contributed by atoms with E-state index in [9.17, 15) is 4.79 Å². The first-order valence-electron chi connectivity index (χ1n) is 5.38. The van der Waals surface area contributed by atoms with Crippen molar-refractivity contribution in [3.8, 4) is 0 Å². The SMILES string of the molecule is CO[C@@H]1CN[C@H](C(=O)Nc2cccc(Br)n2)C1. The van der Waals surface area contributed by atoms with Gasteiger partial charge in [0.25, 0.3) is 0 Å². The van der Waals surface area contributed by atoms with Gasteiger partial charge in [-0.1, -0.05) is 6.07 Å². The molecule has 1 aliphatic rings. The topological polar surface area (TPSA) is 63.2 Å². The molecule has 6 heteroatoms. The molecule has 5 nitrogen and oxygen atoms in total. The van der Waals surface area contributed by atoms with Gasteiger partial charge in [-0.25, -0.2) is 4.98 Å². The van der Waals surface area contributed by atoms with Crippen LogP contribution >= 0.6 is 15.9 Å². The molecular formula is C11H14BrN3O2. The fourth-order valence-corrected chi connectivity index (χ4v) is 2.12. The molecule has 1 fully saturated rings. The number of nitrogens with zero attached hydrogens (tertiary/aromatic N) is 1. The minimum atomic E-state index is -0.208. The predicted molar refractivity (Wildman–Crippen MR) is 67.8 cm³/mol. The van der Waals surface area contributed by atoms with Crippen molar-refractivity contribution in [2.45, 2.75) is 18.6 Å². The van der Waals surface area contributed by atoms with E-state index in [1.54, 1.807) is 13.2 Å². The molecule has 2 atom stereocenters. The first kappa shape index (κ1) is 12.5. The number of ether oxygens (including phenoxy) is 1. The van der Waals surface area contributed by atoms with Gasteiger partial charge in [0, 0.05) is 13.7 Å². The molecule has 2 heterocycles. The van der Waals surface area contributed by atoms with Gasteiger partial charge < -0.3 is 15.4 Å². The zero-order valence-electron chi connectivity index (χ0n) is 9.44. The number of halogens is 1. The lowest BCUT2D eigenvalue weighted by Gasteiger charge is -2.10. The second-order valence-electron chi connectivity index (χ2n) is 3.89. The lowest BCUT2D eigenvalue weighted by atomic mass is 10.2. The number of methoxy groups -OCH3 is 1. The summed E-state index contributed by atoms with van der Waals surface area (Å²) in [6.07, 6.45) is 0.803. The highest BCUT2D eigenvalue weighted by Crippen LogP contribution is 2.13. The number of carbonyl (C=O) groups is 1. The summed E-state index contributed by atoms with van der Waals surface area (Å²) < 4.78 is 5.89. The summed E-state index contributed by atoms with van der Waals surface area (Å²) in [5.41, 5.74) is 0. The third-order valence-corrected chi connectivity index (χ3v) is 3.15. The highest BCUT2D eigenvalue weighted by molar-refractivity contribution is 9.10. The van der Waals surface area contributed by atoms with E-state index in [1.807, 2.05) is 12.1 Å². The van der Waals surface area contributed by atoms with E-state index in [-0.39, 0.29) is 18.1 Å². The van der Waals surface area contributed by atoms with Crippen LogP contribution in [0.4, 0.5) is 5.82 Å². The standard InChI is InChI=1S/C11H14BrN3O2/c1-17-7-5-8(13-6-7)11(16)15-10-4-2-3-9(12)14-10/h2-4,7-8,13H,5-6H2,1H3,(H,14,15,16)/t7-,8-/m0/s1. The fourth-order valence-electron chi connectivity index (χ4n) is 1.77. The molecule has 17 heavy (non-hydrogen) atoms. The Morgan fingerprint density at radius 3 is 3.12 bits per heavy atom. The van der Waals surface area contributed by atoms with Crippen LogP contribution in [0.3, 0.4) is 0 Å². The second-order valence-corrected chi connectivity index (χ2v) is 4.70. The van der Waals surface area contributed by atoms with Crippen molar-refractivity contribution in [2.24, 2.45) is 0 Å². The number of rotatable bonds is 3. The van der Waals surface area contributed by atoms with Crippen LogP contribution in [0.1, 0.15) is 6.42 Å². The monoisotopic (exact) mass is 299 g/mol. The molecule has 0 spiro atoms. The molecule has 1 aromatic heterocycles. The van der Waals surface area contributed by atoms with Crippen molar-refractivity contribution in [1.29, 1.82) is 0 Å². The Morgan fingerprint density at radius 1 is 1.65 bits per heavy atom. The molecule has 1 aliphatic heterocycles. The number of amides is 1. The average molecular weight is 300 g/mol. The van der Waals surface area contributed by atoms with Crippen molar-refractivity contribution in [3.05, 3.63) is 22.8 Å². The van der Waals surface area contributed by atoms with Crippen molar-refractivity contribution in [3.63, 3.8) is 0 Å². The molecule has 0 unspecified atom stereocenters. The quantitative estimate of drug-likeness (QED) is 0.822. The Labute approximate surface area is 108 Å². The number of anilines is 1. The average Bonchev–Trinajstić information content (AvgIpc) is 2.77. The van der Waals surface area contributed by atoms with E-state index < -0.39 is 0 Å². The van der Waals surface area contributed by atoms with Gasteiger partial charge in [0.15, 0.2) is 0 Å². The first-order chi connectivity index (χ1) is 8.19. The fraction of sp³-hybridized carbons (Fsp3) is 0.455. The molecule has 0 bridgehead atoms. The minimum Gasteiger partial charge on any atom is -0.380 e. The number of pyridine rings is 1. The van der Waals surface area contributed by atoms with Gasteiger partial charge >= 0.3 is 0 Å². The number of nitrogens with one attached hydrogen (secondary N) is 2. The number of hydrogen-bond donors (Lipinski definition) is 2. The van der Waals surface area contributed by atoms with Crippen LogP contribution in [0.5, 0.6) is 0 Å². The van der Waals surface area contributed by atoms with Gasteiger partial charge in [-0.2, -0.15) is 0 Å². The molecule has 1 amide bonds. The van der Waals surface area contributed by atoms with Crippen molar-refractivity contribution >= 4 is 27.7 Å². The van der Waals surface area contributed by atoms with Gasteiger partial charge in [-0.3, -0.25) is 4.79 Å². The lowest BCUT2D eigenvalue weighted by Crippen LogP contribution is -2.35. The zero-order chi connectivity index (χ0) is 12.3. The van der Waals surface area contributed by atoms with Gasteiger partial charge in [-0.05, 0) is 34.5 Å². The Balaban J connectivity index is 1.93. The van der Waals surface area contributed by atoms with Crippen molar-refractivity contribution < 1.29 is 9.53 Å². The van der Waals surface area contributed by atoms with Crippen LogP contribution in [0.15, 0.2) is 22.8 Å². The summed E-state index contributed by atoms with van der Waals surface area (Å²) in [5, 5.41) is 5.89. The van der Waals surface area contributed by atoms with Gasteiger partial charge in [0.05, 0.1) is 12.1 Å². The smallest absolute Gasteiger partial charge is 0.242 e. The summed E-state index contributed by atoms with van der Waals surface area (Å²) in [6.45, 7) is 0.709. The maximum Gasteiger partial charge on any atom is 0.242 e. The largest absolute Gasteiger partial charge is 0.380 e. The zero-order valence-corrected chi connectivity index (χ0v) is 11.0. The molecule has 1 aromatic rings. The Bertz CT molecular complexity index is 413. The maximum absolute atomic E-state index is 11.9. The van der Waals surface area contributed by atoms with Crippen molar-refractivity contribution in [2.75, 3.05) is 19.0 Å². The highest BCUT2D eigenvalue weighted by atomic mass is 79.9. The van der Waals surface area contributed by atoms with Crippen LogP contribution in [0, 0.1) is 0 Å². The summed E-state index contributed by atoms with van der Waals surface area (Å²) in [5.74, 6) is 0.474. The second kappa shape index (κ2) is 5.57. The molecule has 0 aliphatic carbocycles. The summed E-state index contributed by atoms with van der Waals surface area (Å²) >= 11 is 3.26. The van der Waals surface area contributed by atoms with E-state index in [1.165, 1.54) is 0 Å². The molecule has 2 N–H and O–H groups in total. The van der Waals surface area contributed by atoms with Gasteiger partial charge in [0.1, 0.15) is 10.4 Å². The highest BCUT2D eigenvalue weighted by Gasteiger charge is 2.29. The molecule has 0 saturated carbocycles. The van der Waals surface area contributed by atoms with Crippen LogP contribution < -0.4 is 10.6 Å². The summed E-state index contributed by atoms with van der Waals surface area (Å²) in [6, 6.07) is 5.18. The molecule has 1 saturated heterocycles. The van der Waals surface area contributed by atoms with E-state index in [2.05, 4.69) is 31.5 Å². The van der Waals surface area contributed by atoms with Crippen LogP contribution in [-0.4, -0.2) is 36.7 Å². The summed E-state index contributed by atoms with van der Waals surface area (Å²) in [4.78, 5) is 16.1. The molecule has 92 valence electrons. The number of aromatic nitrogens is 1. The van der Waals surface area contributed by atoms with E-state index in [0.29, 0.717) is 23.4 Å². The van der Waals surface area contributed by atoms with E-state index >= 15 is 0 Å². The van der Waals surface area contributed by atoms with E-state index in [0.717, 1.165) is 0 Å². The number of hydrogen-bond acceptors (Lipinski definition) is 4. The van der Waals surface area contributed by atoms with Crippen LogP contribution in [0.2, 0.25) is 0 Å². The Hall–Kier alpha value is -0.980. The normalized spacial score (nSPS) is 23.6. The maximum atomic E-state index is 11.9. The number of carbonyl (C=O) groups excluding carboxylic acids is 1.